The topological polar surface area (TPSA) is 47.6 Å². The van der Waals surface area contributed by atoms with E-state index >= 15 is 0 Å². The number of alkyl halides is 2. The highest BCUT2D eigenvalue weighted by Gasteiger charge is 2.19. The Morgan fingerprint density at radius 3 is 2.60 bits per heavy atom. The average molecular weight is 349 g/mol. The molecule has 0 fully saturated rings. The monoisotopic (exact) mass is 349 g/mol. The summed E-state index contributed by atoms with van der Waals surface area (Å²) in [7, 11) is 1.56. The zero-order valence-corrected chi connectivity index (χ0v) is 14.2. The van der Waals surface area contributed by atoms with Gasteiger partial charge < -0.3 is 14.8 Å². The highest BCUT2D eigenvalue weighted by atomic mass is 19.3. The second kappa shape index (κ2) is 9.01. The Hall–Kier alpha value is -2.63. The van der Waals surface area contributed by atoms with Crippen molar-refractivity contribution in [2.24, 2.45) is 0 Å². The van der Waals surface area contributed by atoms with Crippen LogP contribution in [0.25, 0.3) is 0 Å². The largest absolute Gasteiger partial charge is 0.497 e. The molecular formula is C19H21F2NO3. The van der Waals surface area contributed by atoms with Crippen molar-refractivity contribution >= 4 is 5.91 Å². The molecule has 2 aromatic rings. The van der Waals surface area contributed by atoms with Crippen molar-refractivity contribution in [3.05, 3.63) is 59.7 Å². The Balaban J connectivity index is 2.10. The van der Waals surface area contributed by atoms with Gasteiger partial charge in [-0.2, -0.15) is 8.78 Å². The summed E-state index contributed by atoms with van der Waals surface area (Å²) in [6.45, 7) is -1.04. The molecule has 6 heteroatoms. The van der Waals surface area contributed by atoms with Crippen molar-refractivity contribution in [2.45, 2.75) is 32.4 Å². The van der Waals surface area contributed by atoms with Crippen LogP contribution in [0.1, 0.15) is 30.5 Å². The number of ether oxygens (including phenoxy) is 2. The second-order valence-corrected chi connectivity index (χ2v) is 5.47. The van der Waals surface area contributed by atoms with E-state index in [4.69, 9.17) is 4.74 Å². The van der Waals surface area contributed by atoms with E-state index in [1.54, 1.807) is 37.4 Å². The maximum absolute atomic E-state index is 12.6. The van der Waals surface area contributed by atoms with Gasteiger partial charge in [-0.3, -0.25) is 4.79 Å². The van der Waals surface area contributed by atoms with Crippen LogP contribution in [0.2, 0.25) is 0 Å². The highest BCUT2D eigenvalue weighted by Crippen LogP contribution is 2.28. The standard InChI is InChI=1S/C19H21F2NO3/c1-3-16(15-9-4-5-10-17(15)25-19(20)21)22-18(23)12-13-7-6-8-14(11-13)24-2/h4-11,16,19H,3,12H2,1-2H3,(H,22,23)/t16-/m1/s1. The van der Waals surface area contributed by atoms with Crippen LogP contribution in [0.15, 0.2) is 48.5 Å². The first kappa shape index (κ1) is 18.7. The minimum absolute atomic E-state index is 0.0750. The summed E-state index contributed by atoms with van der Waals surface area (Å²) in [5.41, 5.74) is 1.34. The van der Waals surface area contributed by atoms with E-state index in [9.17, 15) is 13.6 Å². The number of carbonyl (C=O) groups is 1. The van der Waals surface area contributed by atoms with E-state index < -0.39 is 12.7 Å². The number of rotatable bonds is 8. The molecule has 0 aromatic heterocycles. The Labute approximate surface area is 145 Å². The van der Waals surface area contributed by atoms with Crippen LogP contribution >= 0.6 is 0 Å². The molecule has 25 heavy (non-hydrogen) atoms. The molecule has 134 valence electrons. The minimum Gasteiger partial charge on any atom is -0.497 e. The minimum atomic E-state index is -2.91. The van der Waals surface area contributed by atoms with Crippen molar-refractivity contribution in [3.8, 4) is 11.5 Å². The Morgan fingerprint density at radius 2 is 1.92 bits per heavy atom. The third kappa shape index (κ3) is 5.45. The fourth-order valence-corrected chi connectivity index (χ4v) is 2.58. The van der Waals surface area contributed by atoms with Crippen LogP contribution in [-0.4, -0.2) is 19.6 Å². The van der Waals surface area contributed by atoms with Crippen LogP contribution < -0.4 is 14.8 Å². The van der Waals surface area contributed by atoms with Crippen LogP contribution in [0.3, 0.4) is 0 Å². The summed E-state index contributed by atoms with van der Waals surface area (Å²) >= 11 is 0. The van der Waals surface area contributed by atoms with Crippen LogP contribution in [-0.2, 0) is 11.2 Å². The van der Waals surface area contributed by atoms with Crippen molar-refractivity contribution in [2.75, 3.05) is 7.11 Å². The Morgan fingerprint density at radius 1 is 1.16 bits per heavy atom. The molecule has 0 heterocycles. The molecule has 0 radical (unpaired) electrons. The molecule has 0 saturated heterocycles. The molecule has 0 aliphatic rings. The Bertz CT molecular complexity index is 707. The average Bonchev–Trinajstić information content (AvgIpc) is 2.60. The second-order valence-electron chi connectivity index (χ2n) is 5.47. The number of hydrogen-bond acceptors (Lipinski definition) is 3. The zero-order valence-electron chi connectivity index (χ0n) is 14.2. The van der Waals surface area contributed by atoms with E-state index in [1.807, 2.05) is 19.1 Å². The third-order valence-electron chi connectivity index (χ3n) is 3.75. The van der Waals surface area contributed by atoms with E-state index in [1.165, 1.54) is 6.07 Å². The maximum Gasteiger partial charge on any atom is 0.387 e. The molecule has 0 aliphatic carbocycles. The van der Waals surface area contributed by atoms with Gasteiger partial charge in [-0.05, 0) is 30.2 Å². The number of para-hydroxylation sites is 1. The van der Waals surface area contributed by atoms with E-state index in [0.29, 0.717) is 17.7 Å². The van der Waals surface area contributed by atoms with Gasteiger partial charge in [0, 0.05) is 5.56 Å². The first-order valence-electron chi connectivity index (χ1n) is 7.99. The number of amides is 1. The van der Waals surface area contributed by atoms with Gasteiger partial charge in [-0.1, -0.05) is 37.3 Å². The summed E-state index contributed by atoms with van der Waals surface area (Å²) in [5, 5.41) is 2.88. The van der Waals surface area contributed by atoms with Crippen LogP contribution in [0.5, 0.6) is 11.5 Å². The lowest BCUT2D eigenvalue weighted by atomic mass is 10.0. The molecule has 2 aromatic carbocycles. The molecule has 1 N–H and O–H groups in total. The number of carbonyl (C=O) groups excluding carboxylic acids is 1. The first-order valence-corrected chi connectivity index (χ1v) is 7.99. The molecule has 1 atom stereocenters. The molecule has 0 aliphatic heterocycles. The van der Waals surface area contributed by atoms with E-state index in [0.717, 1.165) is 5.56 Å². The van der Waals surface area contributed by atoms with Gasteiger partial charge in [0.2, 0.25) is 5.91 Å². The third-order valence-corrected chi connectivity index (χ3v) is 3.75. The lowest BCUT2D eigenvalue weighted by molar-refractivity contribution is -0.121. The van der Waals surface area contributed by atoms with Crippen molar-refractivity contribution in [3.63, 3.8) is 0 Å². The number of nitrogens with one attached hydrogen (secondary N) is 1. The first-order chi connectivity index (χ1) is 12.0. The van der Waals surface area contributed by atoms with Gasteiger partial charge in [0.25, 0.3) is 0 Å². The molecule has 0 saturated carbocycles. The summed E-state index contributed by atoms with van der Waals surface area (Å²) in [6, 6.07) is 13.3. The van der Waals surface area contributed by atoms with Gasteiger partial charge in [-0.15, -0.1) is 0 Å². The molecular weight excluding hydrogens is 328 g/mol. The molecule has 4 nitrogen and oxygen atoms in total. The van der Waals surface area contributed by atoms with Gasteiger partial charge in [0.05, 0.1) is 19.6 Å². The fourth-order valence-electron chi connectivity index (χ4n) is 2.58. The number of hydrogen-bond donors (Lipinski definition) is 1. The summed E-state index contributed by atoms with van der Waals surface area (Å²) in [5.74, 6) is 0.547. The predicted octanol–water partition coefficient (Wildman–Crippen LogP) is 4.11. The van der Waals surface area contributed by atoms with E-state index in [-0.39, 0.29) is 18.1 Å². The predicted molar refractivity (Wildman–Crippen MR) is 90.9 cm³/mol. The van der Waals surface area contributed by atoms with Crippen LogP contribution in [0, 0.1) is 0 Å². The SMILES string of the molecule is CC[C@@H](NC(=O)Cc1cccc(OC)c1)c1ccccc1OC(F)F. The Kier molecular flexibility index (Phi) is 6.74. The molecule has 0 bridgehead atoms. The number of halogens is 2. The van der Waals surface area contributed by atoms with Crippen molar-refractivity contribution < 1.29 is 23.0 Å². The molecule has 1 amide bonds. The lowest BCUT2D eigenvalue weighted by Gasteiger charge is -2.20. The summed E-state index contributed by atoms with van der Waals surface area (Å²) in [4.78, 5) is 12.3. The summed E-state index contributed by atoms with van der Waals surface area (Å²) < 4.78 is 34.8. The zero-order chi connectivity index (χ0) is 18.2. The molecule has 2 rings (SSSR count). The van der Waals surface area contributed by atoms with Gasteiger partial charge >= 0.3 is 6.61 Å². The number of methoxy groups -OCH3 is 1. The van der Waals surface area contributed by atoms with Gasteiger partial charge in [-0.25, -0.2) is 0 Å². The normalized spacial score (nSPS) is 11.9. The molecule has 0 spiro atoms. The van der Waals surface area contributed by atoms with E-state index in [2.05, 4.69) is 10.1 Å². The fraction of sp³-hybridized carbons (Fsp3) is 0.316. The lowest BCUT2D eigenvalue weighted by Crippen LogP contribution is -2.30. The van der Waals surface area contributed by atoms with Gasteiger partial charge in [0.15, 0.2) is 0 Å². The summed E-state index contributed by atoms with van der Waals surface area (Å²) in [6.07, 6.45) is 0.721. The highest BCUT2D eigenvalue weighted by molar-refractivity contribution is 5.79. The smallest absolute Gasteiger partial charge is 0.387 e. The van der Waals surface area contributed by atoms with Crippen molar-refractivity contribution in [1.29, 1.82) is 0 Å². The maximum atomic E-state index is 12.6. The number of benzene rings is 2. The quantitative estimate of drug-likeness (QED) is 0.780. The van der Waals surface area contributed by atoms with Crippen LogP contribution in [0.4, 0.5) is 8.78 Å². The molecule has 0 unspecified atom stereocenters. The van der Waals surface area contributed by atoms with Crippen molar-refractivity contribution in [1.82, 2.24) is 5.32 Å². The van der Waals surface area contributed by atoms with Gasteiger partial charge in [0.1, 0.15) is 11.5 Å².